The van der Waals surface area contributed by atoms with Gasteiger partial charge in [-0.25, -0.2) is 0 Å². The molecule has 2 N–H and O–H groups in total. The number of phenolic OH excluding ortho intramolecular Hbond substituents is 2. The van der Waals surface area contributed by atoms with Gasteiger partial charge in [0.2, 0.25) is 0 Å². The molecule has 0 radical (unpaired) electrons. The molecule has 110 valence electrons. The van der Waals surface area contributed by atoms with Crippen molar-refractivity contribution in [1.29, 1.82) is 0 Å². The monoisotopic (exact) mass is 292 g/mol. The largest absolute Gasteiger partial charge is 0.508 e. The Morgan fingerprint density at radius 1 is 0.682 bits per heavy atom. The third-order valence-corrected chi connectivity index (χ3v) is 3.71. The van der Waals surface area contributed by atoms with Gasteiger partial charge in [0.25, 0.3) is 0 Å². The van der Waals surface area contributed by atoms with Gasteiger partial charge in [-0.3, -0.25) is 4.79 Å². The zero-order valence-corrected chi connectivity index (χ0v) is 12.0. The molecule has 3 nitrogen and oxygen atoms in total. The summed E-state index contributed by atoms with van der Waals surface area (Å²) in [5.41, 5.74) is 3.39. The average molecular weight is 292 g/mol. The summed E-state index contributed by atoms with van der Waals surface area (Å²) in [5.74, 6) is 0.502. The first-order valence-electron chi connectivity index (χ1n) is 7.16. The van der Waals surface area contributed by atoms with Crippen LogP contribution in [0.25, 0.3) is 12.2 Å². The first-order valence-corrected chi connectivity index (χ1v) is 7.16. The van der Waals surface area contributed by atoms with Crippen LogP contribution >= 0.6 is 0 Å². The van der Waals surface area contributed by atoms with Crippen molar-refractivity contribution < 1.29 is 15.0 Å². The van der Waals surface area contributed by atoms with Crippen molar-refractivity contribution in [3.8, 4) is 11.5 Å². The Morgan fingerprint density at radius 3 is 1.41 bits per heavy atom. The maximum absolute atomic E-state index is 12.4. The highest BCUT2D eigenvalue weighted by Crippen LogP contribution is 2.30. The SMILES string of the molecule is O=C1C(=Cc2ccc(O)cc2)CC/C1=C/c1ccc(O)cc1. The van der Waals surface area contributed by atoms with Crippen molar-refractivity contribution >= 4 is 17.9 Å². The average Bonchev–Trinajstić information content (AvgIpc) is 2.85. The molecule has 1 aliphatic rings. The molecule has 3 heteroatoms. The van der Waals surface area contributed by atoms with E-state index in [4.69, 9.17) is 0 Å². The van der Waals surface area contributed by atoms with Crippen molar-refractivity contribution in [2.75, 3.05) is 0 Å². The van der Waals surface area contributed by atoms with Crippen LogP contribution in [0.3, 0.4) is 0 Å². The van der Waals surface area contributed by atoms with E-state index in [1.165, 1.54) is 0 Å². The highest BCUT2D eigenvalue weighted by molar-refractivity contribution is 6.15. The van der Waals surface area contributed by atoms with Gasteiger partial charge in [0, 0.05) is 11.1 Å². The number of hydrogen-bond donors (Lipinski definition) is 2. The van der Waals surface area contributed by atoms with E-state index in [0.29, 0.717) is 0 Å². The molecule has 1 saturated carbocycles. The highest BCUT2D eigenvalue weighted by atomic mass is 16.3. The molecular formula is C19H16O3. The predicted octanol–water partition coefficient (Wildman–Crippen LogP) is 3.93. The van der Waals surface area contributed by atoms with E-state index in [0.717, 1.165) is 35.1 Å². The highest BCUT2D eigenvalue weighted by Gasteiger charge is 2.22. The van der Waals surface area contributed by atoms with Gasteiger partial charge < -0.3 is 10.2 Å². The first-order chi connectivity index (χ1) is 10.6. The van der Waals surface area contributed by atoms with Crippen LogP contribution in [0, 0.1) is 0 Å². The van der Waals surface area contributed by atoms with E-state index in [-0.39, 0.29) is 17.3 Å². The van der Waals surface area contributed by atoms with Crippen molar-refractivity contribution in [3.05, 3.63) is 70.8 Å². The van der Waals surface area contributed by atoms with E-state index >= 15 is 0 Å². The van der Waals surface area contributed by atoms with Gasteiger partial charge in [0.1, 0.15) is 11.5 Å². The van der Waals surface area contributed by atoms with Crippen LogP contribution in [0.15, 0.2) is 59.7 Å². The van der Waals surface area contributed by atoms with Gasteiger partial charge in [-0.15, -0.1) is 0 Å². The lowest BCUT2D eigenvalue weighted by Gasteiger charge is -1.98. The Kier molecular flexibility index (Phi) is 3.79. The van der Waals surface area contributed by atoms with Gasteiger partial charge in [-0.2, -0.15) is 0 Å². The summed E-state index contributed by atoms with van der Waals surface area (Å²) < 4.78 is 0. The van der Waals surface area contributed by atoms with Crippen LogP contribution < -0.4 is 0 Å². The second-order valence-corrected chi connectivity index (χ2v) is 5.35. The van der Waals surface area contributed by atoms with Crippen LogP contribution in [-0.2, 0) is 4.79 Å². The number of allylic oxidation sites excluding steroid dienone is 2. The molecular weight excluding hydrogens is 276 g/mol. The van der Waals surface area contributed by atoms with Gasteiger partial charge in [0.05, 0.1) is 0 Å². The molecule has 0 atom stereocenters. The molecule has 22 heavy (non-hydrogen) atoms. The van der Waals surface area contributed by atoms with Crippen molar-refractivity contribution in [2.24, 2.45) is 0 Å². The fourth-order valence-corrected chi connectivity index (χ4v) is 2.52. The quantitative estimate of drug-likeness (QED) is 0.825. The Morgan fingerprint density at radius 2 is 1.05 bits per heavy atom. The molecule has 0 heterocycles. The van der Waals surface area contributed by atoms with Crippen LogP contribution in [0.2, 0.25) is 0 Å². The third-order valence-electron chi connectivity index (χ3n) is 3.71. The van der Waals surface area contributed by atoms with Gasteiger partial charge in [-0.1, -0.05) is 24.3 Å². The normalized spacial score (nSPS) is 18.3. The van der Waals surface area contributed by atoms with Crippen LogP contribution in [0.1, 0.15) is 24.0 Å². The minimum Gasteiger partial charge on any atom is -0.508 e. The molecule has 3 rings (SSSR count). The number of carbonyl (C=O) groups is 1. The second-order valence-electron chi connectivity index (χ2n) is 5.35. The molecule has 2 aromatic carbocycles. The number of benzene rings is 2. The Balaban J connectivity index is 1.82. The van der Waals surface area contributed by atoms with Crippen molar-refractivity contribution in [2.45, 2.75) is 12.8 Å². The fourth-order valence-electron chi connectivity index (χ4n) is 2.52. The summed E-state index contributed by atoms with van der Waals surface area (Å²) in [5, 5.41) is 18.6. The number of rotatable bonds is 2. The number of phenols is 2. The maximum Gasteiger partial charge on any atom is 0.185 e. The standard InChI is InChI=1S/C19H16O3/c20-17-7-1-13(2-8-17)11-15-5-6-16(19(15)22)12-14-3-9-18(21)10-4-14/h1-4,7-12,20-21H,5-6H2/b15-11-,16-12?. The van der Waals surface area contributed by atoms with Crippen LogP contribution in [-0.4, -0.2) is 16.0 Å². The van der Waals surface area contributed by atoms with E-state index in [1.807, 2.05) is 12.2 Å². The number of hydrogen-bond acceptors (Lipinski definition) is 3. The van der Waals surface area contributed by atoms with Crippen molar-refractivity contribution in [3.63, 3.8) is 0 Å². The third kappa shape index (κ3) is 3.09. The van der Waals surface area contributed by atoms with Gasteiger partial charge in [0.15, 0.2) is 5.78 Å². The Labute approximate surface area is 128 Å². The second kappa shape index (κ2) is 5.90. The molecule has 0 aliphatic heterocycles. The van der Waals surface area contributed by atoms with Crippen molar-refractivity contribution in [1.82, 2.24) is 0 Å². The Bertz CT molecular complexity index is 685. The maximum atomic E-state index is 12.4. The molecule has 0 amide bonds. The summed E-state index contributed by atoms with van der Waals surface area (Å²) in [6.45, 7) is 0. The lowest BCUT2D eigenvalue weighted by atomic mass is 10.1. The predicted molar refractivity (Wildman–Crippen MR) is 86.4 cm³/mol. The molecule has 0 unspecified atom stereocenters. The molecule has 0 bridgehead atoms. The molecule has 0 aromatic heterocycles. The first kappa shape index (κ1) is 14.1. The van der Waals surface area contributed by atoms with Gasteiger partial charge in [-0.05, 0) is 60.4 Å². The topological polar surface area (TPSA) is 57.5 Å². The van der Waals surface area contributed by atoms with E-state index in [1.54, 1.807) is 48.5 Å². The molecule has 2 aromatic rings. The lowest BCUT2D eigenvalue weighted by Crippen LogP contribution is -1.95. The fraction of sp³-hybridized carbons (Fsp3) is 0.105. The summed E-state index contributed by atoms with van der Waals surface area (Å²) >= 11 is 0. The smallest absolute Gasteiger partial charge is 0.185 e. The zero-order valence-electron chi connectivity index (χ0n) is 12.0. The van der Waals surface area contributed by atoms with Crippen LogP contribution in [0.5, 0.6) is 11.5 Å². The molecule has 1 fully saturated rings. The summed E-state index contributed by atoms with van der Waals surface area (Å²) in [6, 6.07) is 13.6. The van der Waals surface area contributed by atoms with E-state index < -0.39 is 0 Å². The van der Waals surface area contributed by atoms with E-state index in [2.05, 4.69) is 0 Å². The van der Waals surface area contributed by atoms with Crippen LogP contribution in [0.4, 0.5) is 0 Å². The van der Waals surface area contributed by atoms with Gasteiger partial charge >= 0.3 is 0 Å². The van der Waals surface area contributed by atoms with E-state index in [9.17, 15) is 15.0 Å². The minimum absolute atomic E-state index is 0.0705. The lowest BCUT2D eigenvalue weighted by molar-refractivity contribution is -0.111. The summed E-state index contributed by atoms with van der Waals surface area (Å²) in [4.78, 5) is 12.4. The number of aromatic hydroxyl groups is 2. The Hall–Kier alpha value is -2.81. The number of ketones is 1. The minimum atomic E-state index is 0.0705. The number of carbonyl (C=O) groups excluding carboxylic acids is 1. The zero-order chi connectivity index (χ0) is 15.5. The summed E-state index contributed by atoms with van der Waals surface area (Å²) in [7, 11) is 0. The number of Topliss-reactive ketones (excluding diaryl/α,β-unsaturated/α-hetero) is 1. The molecule has 1 aliphatic carbocycles. The summed E-state index contributed by atoms with van der Waals surface area (Å²) in [6.07, 6.45) is 5.20. The molecule has 0 saturated heterocycles. The molecule has 0 spiro atoms.